The third-order valence-electron chi connectivity index (χ3n) is 1.52. The SMILES string of the molecule is C#Cc1ccc(C=O)cc1OC. The van der Waals surface area contributed by atoms with Crippen molar-refractivity contribution in [3.63, 3.8) is 0 Å². The van der Waals surface area contributed by atoms with Crippen molar-refractivity contribution < 1.29 is 9.53 Å². The molecule has 0 radical (unpaired) electrons. The fourth-order valence-corrected chi connectivity index (χ4v) is 0.900. The molecular weight excluding hydrogens is 152 g/mol. The van der Waals surface area contributed by atoms with E-state index in [0.717, 1.165) is 6.29 Å². The van der Waals surface area contributed by atoms with E-state index in [0.29, 0.717) is 16.9 Å². The Bertz CT molecular complexity index is 334. The highest BCUT2D eigenvalue weighted by molar-refractivity contribution is 5.76. The highest BCUT2D eigenvalue weighted by atomic mass is 16.5. The van der Waals surface area contributed by atoms with Crippen LogP contribution in [0.3, 0.4) is 0 Å². The second-order valence-electron chi connectivity index (χ2n) is 2.22. The van der Waals surface area contributed by atoms with Gasteiger partial charge in [0, 0.05) is 5.56 Å². The Kier molecular flexibility index (Phi) is 2.49. The van der Waals surface area contributed by atoms with Crippen LogP contribution < -0.4 is 4.74 Å². The molecule has 0 unspecified atom stereocenters. The van der Waals surface area contributed by atoms with Crippen LogP contribution in [0.1, 0.15) is 15.9 Å². The number of methoxy groups -OCH3 is 1. The molecule has 60 valence electrons. The smallest absolute Gasteiger partial charge is 0.150 e. The predicted octanol–water partition coefficient (Wildman–Crippen LogP) is 1.49. The molecule has 0 bridgehead atoms. The molecule has 0 aliphatic heterocycles. The summed E-state index contributed by atoms with van der Waals surface area (Å²) in [6, 6.07) is 4.95. The molecule has 0 saturated carbocycles. The van der Waals surface area contributed by atoms with Gasteiger partial charge >= 0.3 is 0 Å². The Labute approximate surface area is 71.2 Å². The van der Waals surface area contributed by atoms with E-state index in [1.807, 2.05) is 0 Å². The number of carbonyl (C=O) groups excluding carboxylic acids is 1. The number of ether oxygens (including phenoxy) is 1. The average molecular weight is 160 g/mol. The van der Waals surface area contributed by atoms with Crippen molar-refractivity contribution in [2.45, 2.75) is 0 Å². The Hall–Kier alpha value is -1.75. The van der Waals surface area contributed by atoms with Crippen LogP contribution in [0.2, 0.25) is 0 Å². The van der Waals surface area contributed by atoms with Crippen LogP contribution in [0.4, 0.5) is 0 Å². The lowest BCUT2D eigenvalue weighted by atomic mass is 10.1. The maximum absolute atomic E-state index is 10.4. The normalized spacial score (nSPS) is 8.67. The molecule has 0 fully saturated rings. The Balaban J connectivity index is 3.21. The standard InChI is InChI=1S/C10H8O2/c1-3-9-5-4-8(7-11)6-10(9)12-2/h1,4-7H,2H3. The molecule has 0 saturated heterocycles. The summed E-state index contributed by atoms with van der Waals surface area (Å²) in [5, 5.41) is 0. The van der Waals surface area contributed by atoms with Gasteiger partial charge < -0.3 is 4.74 Å². The van der Waals surface area contributed by atoms with Crippen LogP contribution in [0.25, 0.3) is 0 Å². The molecule has 1 aromatic rings. The number of hydrogen-bond donors (Lipinski definition) is 0. The number of hydrogen-bond acceptors (Lipinski definition) is 2. The Morgan fingerprint density at radius 2 is 2.33 bits per heavy atom. The average Bonchev–Trinajstić information content (AvgIpc) is 2.16. The van der Waals surface area contributed by atoms with Crippen molar-refractivity contribution in [1.82, 2.24) is 0 Å². The zero-order valence-corrected chi connectivity index (χ0v) is 6.70. The summed E-state index contributed by atoms with van der Waals surface area (Å²) in [5.74, 6) is 3.01. The maximum atomic E-state index is 10.4. The molecule has 0 heterocycles. The van der Waals surface area contributed by atoms with Crippen LogP contribution in [-0.2, 0) is 0 Å². The first kappa shape index (κ1) is 8.35. The fourth-order valence-electron chi connectivity index (χ4n) is 0.900. The summed E-state index contributed by atoms with van der Waals surface area (Å²) in [4.78, 5) is 10.4. The highest BCUT2D eigenvalue weighted by Gasteiger charge is 2.00. The van der Waals surface area contributed by atoms with Crippen LogP contribution >= 0.6 is 0 Å². The lowest BCUT2D eigenvalue weighted by molar-refractivity contribution is 0.112. The number of rotatable bonds is 2. The molecule has 0 aromatic heterocycles. The molecule has 1 rings (SSSR count). The molecule has 1 aromatic carbocycles. The van der Waals surface area contributed by atoms with Crippen LogP contribution in [-0.4, -0.2) is 13.4 Å². The van der Waals surface area contributed by atoms with Gasteiger partial charge in [-0.2, -0.15) is 0 Å². The van der Waals surface area contributed by atoms with E-state index in [4.69, 9.17) is 11.2 Å². The minimum atomic E-state index is 0.558. The van der Waals surface area contributed by atoms with Gasteiger partial charge in [-0.25, -0.2) is 0 Å². The molecule has 0 aliphatic rings. The maximum Gasteiger partial charge on any atom is 0.150 e. The molecule has 0 spiro atoms. The second kappa shape index (κ2) is 3.59. The van der Waals surface area contributed by atoms with Gasteiger partial charge in [0.2, 0.25) is 0 Å². The molecule has 0 N–H and O–H groups in total. The number of aldehydes is 1. The topological polar surface area (TPSA) is 26.3 Å². The van der Waals surface area contributed by atoms with Gasteiger partial charge in [0.1, 0.15) is 12.0 Å². The Morgan fingerprint density at radius 1 is 1.58 bits per heavy atom. The molecule has 12 heavy (non-hydrogen) atoms. The zero-order valence-electron chi connectivity index (χ0n) is 6.70. The molecular formula is C10H8O2. The van der Waals surface area contributed by atoms with Crippen molar-refractivity contribution in [1.29, 1.82) is 0 Å². The minimum Gasteiger partial charge on any atom is -0.495 e. The summed E-state index contributed by atoms with van der Waals surface area (Å²) in [6.45, 7) is 0. The minimum absolute atomic E-state index is 0.558. The third kappa shape index (κ3) is 1.46. The van der Waals surface area contributed by atoms with Gasteiger partial charge in [-0.1, -0.05) is 12.0 Å². The van der Waals surface area contributed by atoms with Crippen LogP contribution in [0.15, 0.2) is 18.2 Å². The third-order valence-corrected chi connectivity index (χ3v) is 1.52. The first-order valence-electron chi connectivity index (χ1n) is 3.41. The van der Waals surface area contributed by atoms with E-state index >= 15 is 0 Å². The first-order valence-corrected chi connectivity index (χ1v) is 3.41. The van der Waals surface area contributed by atoms with Crippen molar-refractivity contribution >= 4 is 6.29 Å². The summed E-state index contributed by atoms with van der Waals surface area (Å²) in [6.07, 6.45) is 5.95. The fraction of sp³-hybridized carbons (Fsp3) is 0.100. The first-order chi connectivity index (χ1) is 5.81. The van der Waals surface area contributed by atoms with Crippen LogP contribution in [0, 0.1) is 12.3 Å². The van der Waals surface area contributed by atoms with Gasteiger partial charge in [0.15, 0.2) is 0 Å². The quantitative estimate of drug-likeness (QED) is 0.484. The van der Waals surface area contributed by atoms with E-state index in [9.17, 15) is 4.79 Å². The largest absolute Gasteiger partial charge is 0.495 e. The molecule has 2 nitrogen and oxygen atoms in total. The number of carbonyl (C=O) groups is 1. The van der Waals surface area contributed by atoms with Crippen molar-refractivity contribution in [3.05, 3.63) is 29.3 Å². The molecule has 0 aliphatic carbocycles. The predicted molar refractivity (Wildman–Crippen MR) is 46.3 cm³/mol. The highest BCUT2D eigenvalue weighted by Crippen LogP contribution is 2.17. The van der Waals surface area contributed by atoms with Gasteiger partial charge in [-0.3, -0.25) is 4.79 Å². The monoisotopic (exact) mass is 160 g/mol. The zero-order chi connectivity index (χ0) is 8.97. The lowest BCUT2D eigenvalue weighted by Crippen LogP contribution is -1.89. The van der Waals surface area contributed by atoms with Crippen molar-refractivity contribution in [2.24, 2.45) is 0 Å². The number of terminal acetylenes is 1. The van der Waals surface area contributed by atoms with Gasteiger partial charge in [-0.05, 0) is 12.1 Å². The van der Waals surface area contributed by atoms with E-state index < -0.39 is 0 Å². The number of benzene rings is 1. The Morgan fingerprint density at radius 3 is 2.83 bits per heavy atom. The van der Waals surface area contributed by atoms with E-state index in [-0.39, 0.29) is 0 Å². The van der Waals surface area contributed by atoms with Gasteiger partial charge in [-0.15, -0.1) is 6.42 Å². The lowest BCUT2D eigenvalue weighted by Gasteiger charge is -2.02. The molecule has 2 heteroatoms. The van der Waals surface area contributed by atoms with Crippen molar-refractivity contribution in [2.75, 3.05) is 7.11 Å². The van der Waals surface area contributed by atoms with Gasteiger partial charge in [0.05, 0.1) is 12.7 Å². The summed E-state index contributed by atoms with van der Waals surface area (Å²) < 4.78 is 4.98. The van der Waals surface area contributed by atoms with E-state index in [2.05, 4.69) is 5.92 Å². The summed E-state index contributed by atoms with van der Waals surface area (Å²) in [7, 11) is 1.52. The summed E-state index contributed by atoms with van der Waals surface area (Å²) in [5.41, 5.74) is 1.22. The van der Waals surface area contributed by atoms with Crippen molar-refractivity contribution in [3.8, 4) is 18.1 Å². The summed E-state index contributed by atoms with van der Waals surface area (Å²) >= 11 is 0. The van der Waals surface area contributed by atoms with Gasteiger partial charge in [0.25, 0.3) is 0 Å². The van der Waals surface area contributed by atoms with E-state index in [1.165, 1.54) is 7.11 Å². The second-order valence-corrected chi connectivity index (χ2v) is 2.22. The van der Waals surface area contributed by atoms with Crippen LogP contribution in [0.5, 0.6) is 5.75 Å². The molecule has 0 atom stereocenters. The van der Waals surface area contributed by atoms with E-state index in [1.54, 1.807) is 18.2 Å². The molecule has 0 amide bonds.